The summed E-state index contributed by atoms with van der Waals surface area (Å²) in [6, 6.07) is 8.88. The molecule has 15 heavy (non-hydrogen) atoms. The van der Waals surface area contributed by atoms with Crippen molar-refractivity contribution >= 4 is 6.08 Å². The number of rotatable bonds is 0. The van der Waals surface area contributed by atoms with Crippen molar-refractivity contribution in [1.82, 2.24) is 0 Å². The first-order valence-electron chi connectivity index (χ1n) is 6.14. The zero-order valence-corrected chi connectivity index (χ0v) is 9.37. The van der Waals surface area contributed by atoms with Crippen LogP contribution in [0.4, 0.5) is 0 Å². The molecule has 2 aliphatic carbocycles. The molecule has 0 N–H and O–H groups in total. The van der Waals surface area contributed by atoms with Gasteiger partial charge in [-0.15, -0.1) is 0 Å². The molecule has 0 radical (unpaired) electrons. The lowest BCUT2D eigenvalue weighted by Crippen LogP contribution is -2.22. The van der Waals surface area contributed by atoms with Crippen molar-refractivity contribution < 1.29 is 0 Å². The number of allylic oxidation sites excluding steroid dienone is 1. The van der Waals surface area contributed by atoms with Gasteiger partial charge in [0.2, 0.25) is 0 Å². The fourth-order valence-electron chi connectivity index (χ4n) is 3.19. The van der Waals surface area contributed by atoms with Crippen molar-refractivity contribution in [2.45, 2.75) is 32.6 Å². The Morgan fingerprint density at radius 2 is 2.00 bits per heavy atom. The Morgan fingerprint density at radius 3 is 2.93 bits per heavy atom. The first kappa shape index (κ1) is 9.21. The number of hydrogen-bond donors (Lipinski definition) is 0. The van der Waals surface area contributed by atoms with Gasteiger partial charge in [-0.1, -0.05) is 49.3 Å². The molecule has 0 saturated heterocycles. The van der Waals surface area contributed by atoms with E-state index in [4.69, 9.17) is 0 Å². The fourth-order valence-corrected chi connectivity index (χ4v) is 3.19. The van der Waals surface area contributed by atoms with Gasteiger partial charge < -0.3 is 0 Å². The number of hydrogen-bond acceptors (Lipinski definition) is 0. The van der Waals surface area contributed by atoms with E-state index in [1.54, 1.807) is 11.1 Å². The summed E-state index contributed by atoms with van der Waals surface area (Å²) in [5, 5.41) is 0. The fraction of sp³-hybridized carbons (Fsp3) is 0.467. The van der Waals surface area contributed by atoms with Crippen molar-refractivity contribution in [3.63, 3.8) is 0 Å². The van der Waals surface area contributed by atoms with Gasteiger partial charge in [0.15, 0.2) is 0 Å². The second kappa shape index (κ2) is 3.52. The quantitative estimate of drug-likeness (QED) is 0.589. The highest BCUT2D eigenvalue weighted by Gasteiger charge is 2.27. The van der Waals surface area contributed by atoms with Gasteiger partial charge in [0.05, 0.1) is 0 Å². The standard InChI is InChI=1S/C15H18/c1-11-5-4-8-14-9-12-6-2-3-7-13(12)10-15(11)14/h2-3,6-7,10-11,14H,4-5,8-9H2,1H3. The molecule has 1 aromatic rings. The Kier molecular flexibility index (Phi) is 2.16. The summed E-state index contributed by atoms with van der Waals surface area (Å²) < 4.78 is 0. The highest BCUT2D eigenvalue weighted by molar-refractivity contribution is 5.61. The second-order valence-electron chi connectivity index (χ2n) is 5.08. The lowest BCUT2D eigenvalue weighted by atomic mass is 9.71. The SMILES string of the molecule is CC1CCCC2Cc3ccccc3C=C12. The molecule has 2 unspecified atom stereocenters. The summed E-state index contributed by atoms with van der Waals surface area (Å²) in [6.45, 7) is 2.39. The van der Waals surface area contributed by atoms with Crippen molar-refractivity contribution in [3.8, 4) is 0 Å². The van der Waals surface area contributed by atoms with Gasteiger partial charge in [-0.3, -0.25) is 0 Å². The zero-order valence-electron chi connectivity index (χ0n) is 9.37. The van der Waals surface area contributed by atoms with E-state index in [1.807, 2.05) is 0 Å². The molecular weight excluding hydrogens is 180 g/mol. The number of benzene rings is 1. The first-order chi connectivity index (χ1) is 7.34. The molecule has 2 atom stereocenters. The average molecular weight is 198 g/mol. The smallest absolute Gasteiger partial charge is 0.0157 e. The van der Waals surface area contributed by atoms with Crippen LogP contribution in [0, 0.1) is 11.8 Å². The molecule has 78 valence electrons. The van der Waals surface area contributed by atoms with E-state index in [-0.39, 0.29) is 0 Å². The molecule has 0 aliphatic heterocycles. The van der Waals surface area contributed by atoms with Crippen LogP contribution in [0.1, 0.15) is 37.3 Å². The van der Waals surface area contributed by atoms with Crippen LogP contribution in [0.3, 0.4) is 0 Å². The van der Waals surface area contributed by atoms with Crippen molar-refractivity contribution in [2.75, 3.05) is 0 Å². The van der Waals surface area contributed by atoms with Crippen LogP contribution in [-0.4, -0.2) is 0 Å². The van der Waals surface area contributed by atoms with Crippen molar-refractivity contribution in [1.29, 1.82) is 0 Å². The van der Waals surface area contributed by atoms with E-state index in [2.05, 4.69) is 37.3 Å². The summed E-state index contributed by atoms with van der Waals surface area (Å²) in [5.41, 5.74) is 4.75. The van der Waals surface area contributed by atoms with Gasteiger partial charge in [0.25, 0.3) is 0 Å². The lowest BCUT2D eigenvalue weighted by Gasteiger charge is -2.34. The minimum atomic E-state index is 0.817. The molecule has 1 aromatic carbocycles. The lowest BCUT2D eigenvalue weighted by molar-refractivity contribution is 0.382. The molecule has 3 rings (SSSR count). The number of fused-ring (bicyclic) bond motifs is 2. The Hall–Kier alpha value is -1.04. The second-order valence-corrected chi connectivity index (χ2v) is 5.08. The van der Waals surface area contributed by atoms with Gasteiger partial charge in [-0.05, 0) is 42.2 Å². The predicted molar refractivity (Wildman–Crippen MR) is 64.6 cm³/mol. The van der Waals surface area contributed by atoms with Gasteiger partial charge in [-0.2, -0.15) is 0 Å². The third-order valence-electron chi connectivity index (χ3n) is 4.07. The van der Waals surface area contributed by atoms with E-state index in [1.165, 1.54) is 31.2 Å². The predicted octanol–water partition coefficient (Wildman–Crippen LogP) is 4.06. The van der Waals surface area contributed by atoms with E-state index in [9.17, 15) is 0 Å². The summed E-state index contributed by atoms with van der Waals surface area (Å²) >= 11 is 0. The maximum atomic E-state index is 2.47. The Morgan fingerprint density at radius 1 is 1.13 bits per heavy atom. The molecule has 0 spiro atoms. The van der Waals surface area contributed by atoms with Crippen molar-refractivity contribution in [2.24, 2.45) is 11.8 Å². The third-order valence-corrected chi connectivity index (χ3v) is 4.07. The van der Waals surface area contributed by atoms with E-state index < -0.39 is 0 Å². The van der Waals surface area contributed by atoms with Gasteiger partial charge in [0.1, 0.15) is 0 Å². The van der Waals surface area contributed by atoms with Crippen LogP contribution in [0.2, 0.25) is 0 Å². The topological polar surface area (TPSA) is 0 Å². The molecule has 1 saturated carbocycles. The molecule has 0 bridgehead atoms. The monoisotopic (exact) mass is 198 g/mol. The Bertz CT molecular complexity index is 400. The normalized spacial score (nSPS) is 29.0. The summed E-state index contributed by atoms with van der Waals surface area (Å²) in [5.74, 6) is 1.67. The van der Waals surface area contributed by atoms with Crippen LogP contribution in [-0.2, 0) is 6.42 Å². The average Bonchev–Trinajstić information content (AvgIpc) is 2.27. The minimum absolute atomic E-state index is 0.817. The first-order valence-corrected chi connectivity index (χ1v) is 6.14. The maximum Gasteiger partial charge on any atom is -0.0157 e. The molecule has 0 heteroatoms. The summed E-state index contributed by atoms with van der Waals surface area (Å²) in [6.07, 6.45) is 7.97. The third kappa shape index (κ3) is 1.52. The van der Waals surface area contributed by atoms with E-state index in [0.29, 0.717) is 0 Å². The Balaban J connectivity index is 2.05. The Labute approximate surface area is 92.0 Å². The van der Waals surface area contributed by atoms with Crippen LogP contribution >= 0.6 is 0 Å². The molecule has 0 aromatic heterocycles. The maximum absolute atomic E-state index is 2.47. The van der Waals surface area contributed by atoms with E-state index >= 15 is 0 Å². The highest BCUT2D eigenvalue weighted by atomic mass is 14.3. The molecule has 2 aliphatic rings. The zero-order chi connectivity index (χ0) is 10.3. The van der Waals surface area contributed by atoms with Crippen LogP contribution in [0.25, 0.3) is 6.08 Å². The highest BCUT2D eigenvalue weighted by Crippen LogP contribution is 2.40. The van der Waals surface area contributed by atoms with Gasteiger partial charge >= 0.3 is 0 Å². The van der Waals surface area contributed by atoms with Crippen LogP contribution < -0.4 is 0 Å². The summed E-state index contributed by atoms with van der Waals surface area (Å²) in [7, 11) is 0. The minimum Gasteiger partial charge on any atom is -0.0633 e. The molecule has 0 amide bonds. The molecule has 0 nitrogen and oxygen atoms in total. The van der Waals surface area contributed by atoms with Crippen molar-refractivity contribution in [3.05, 3.63) is 41.0 Å². The van der Waals surface area contributed by atoms with Crippen LogP contribution in [0.15, 0.2) is 29.8 Å². The van der Waals surface area contributed by atoms with Crippen LogP contribution in [0.5, 0.6) is 0 Å². The van der Waals surface area contributed by atoms with Gasteiger partial charge in [0, 0.05) is 0 Å². The largest absolute Gasteiger partial charge is 0.0633 e. The van der Waals surface area contributed by atoms with Gasteiger partial charge in [-0.25, -0.2) is 0 Å². The molecular formula is C15H18. The van der Waals surface area contributed by atoms with E-state index in [0.717, 1.165) is 11.8 Å². The summed E-state index contributed by atoms with van der Waals surface area (Å²) in [4.78, 5) is 0. The molecule has 1 fully saturated rings. The molecule has 0 heterocycles.